The van der Waals surface area contributed by atoms with Crippen LogP contribution in [0.1, 0.15) is 5.76 Å². The van der Waals surface area contributed by atoms with Crippen molar-refractivity contribution in [2.75, 3.05) is 4.72 Å². The maximum absolute atomic E-state index is 13.4. The molecule has 1 aromatic carbocycles. The summed E-state index contributed by atoms with van der Waals surface area (Å²) in [4.78, 5) is -1.05. The van der Waals surface area contributed by atoms with Crippen molar-refractivity contribution < 1.29 is 21.7 Å². The maximum Gasteiger partial charge on any atom is 0.269 e. The normalized spacial score (nSPS) is 11.5. The van der Waals surface area contributed by atoms with E-state index < -0.39 is 26.6 Å². The monoisotopic (exact) mass is 274 g/mol. The van der Waals surface area contributed by atoms with Gasteiger partial charge in [0.2, 0.25) is 0 Å². The molecular formula is C10H8F2N2O3S. The van der Waals surface area contributed by atoms with E-state index in [2.05, 4.69) is 9.68 Å². The fourth-order valence-corrected chi connectivity index (χ4v) is 2.47. The predicted molar refractivity (Wildman–Crippen MR) is 58.4 cm³/mol. The van der Waals surface area contributed by atoms with Gasteiger partial charge in [0.1, 0.15) is 17.4 Å². The van der Waals surface area contributed by atoms with Crippen molar-refractivity contribution in [3.63, 3.8) is 0 Å². The van der Waals surface area contributed by atoms with Gasteiger partial charge >= 0.3 is 0 Å². The number of hydrogen-bond donors (Lipinski definition) is 1. The first-order valence-corrected chi connectivity index (χ1v) is 6.28. The van der Waals surface area contributed by atoms with Gasteiger partial charge in [0.05, 0.1) is 0 Å². The van der Waals surface area contributed by atoms with Crippen LogP contribution in [-0.4, -0.2) is 13.6 Å². The summed E-state index contributed by atoms with van der Waals surface area (Å²) in [6, 6.07) is 4.07. The molecule has 5 nitrogen and oxygen atoms in total. The van der Waals surface area contributed by atoms with Crippen molar-refractivity contribution >= 4 is 15.8 Å². The highest BCUT2D eigenvalue weighted by Gasteiger charge is 2.24. The first kappa shape index (κ1) is 12.5. The molecule has 0 aliphatic rings. The highest BCUT2D eigenvalue weighted by Crippen LogP contribution is 2.21. The predicted octanol–water partition coefficient (Wildman–Crippen LogP) is 2.06. The third-order valence-corrected chi connectivity index (χ3v) is 3.46. The number of sulfonamides is 1. The van der Waals surface area contributed by atoms with E-state index in [-0.39, 0.29) is 5.82 Å². The van der Waals surface area contributed by atoms with Gasteiger partial charge in [-0.2, -0.15) is 0 Å². The highest BCUT2D eigenvalue weighted by molar-refractivity contribution is 7.92. The smallest absolute Gasteiger partial charge is 0.269 e. The Bertz CT molecular complexity index is 662. The Morgan fingerprint density at radius 2 is 1.89 bits per heavy atom. The van der Waals surface area contributed by atoms with Crippen molar-refractivity contribution in [2.24, 2.45) is 0 Å². The molecule has 0 fully saturated rings. The minimum absolute atomic E-state index is 0.143. The van der Waals surface area contributed by atoms with Crippen LogP contribution in [0.5, 0.6) is 0 Å². The second kappa shape index (κ2) is 4.37. The largest absolute Gasteiger partial charge is 0.360 e. The molecule has 0 saturated heterocycles. The average Bonchev–Trinajstić information content (AvgIpc) is 2.62. The summed E-state index contributed by atoms with van der Waals surface area (Å²) >= 11 is 0. The minimum atomic E-state index is -4.38. The van der Waals surface area contributed by atoms with Gasteiger partial charge in [-0.1, -0.05) is 11.2 Å². The van der Waals surface area contributed by atoms with E-state index in [0.29, 0.717) is 5.76 Å². The Hall–Kier alpha value is -1.96. The van der Waals surface area contributed by atoms with Crippen molar-refractivity contribution in [2.45, 2.75) is 11.8 Å². The van der Waals surface area contributed by atoms with Gasteiger partial charge in [0.25, 0.3) is 10.0 Å². The molecule has 0 spiro atoms. The van der Waals surface area contributed by atoms with Crippen molar-refractivity contribution in [3.8, 4) is 0 Å². The fraction of sp³-hybridized carbons (Fsp3) is 0.100. The van der Waals surface area contributed by atoms with Gasteiger partial charge in [-0.3, -0.25) is 4.72 Å². The average molecular weight is 274 g/mol. The Labute approximate surface area is 101 Å². The van der Waals surface area contributed by atoms with E-state index in [9.17, 15) is 17.2 Å². The van der Waals surface area contributed by atoms with Crippen LogP contribution in [0.2, 0.25) is 0 Å². The number of aryl methyl sites for hydroxylation is 1. The van der Waals surface area contributed by atoms with Crippen LogP contribution < -0.4 is 4.72 Å². The lowest BCUT2D eigenvalue weighted by atomic mass is 10.3. The Kier molecular flexibility index (Phi) is 3.04. The first-order valence-electron chi connectivity index (χ1n) is 4.80. The molecular weight excluding hydrogens is 266 g/mol. The Balaban J connectivity index is 2.43. The van der Waals surface area contributed by atoms with Crippen LogP contribution in [0.4, 0.5) is 14.6 Å². The van der Waals surface area contributed by atoms with Crippen LogP contribution >= 0.6 is 0 Å². The molecule has 2 aromatic rings. The minimum Gasteiger partial charge on any atom is -0.360 e. The summed E-state index contributed by atoms with van der Waals surface area (Å²) in [6.45, 7) is 1.55. The summed E-state index contributed by atoms with van der Waals surface area (Å²) in [6.07, 6.45) is 0. The van der Waals surface area contributed by atoms with Crippen LogP contribution in [0.3, 0.4) is 0 Å². The summed E-state index contributed by atoms with van der Waals surface area (Å²) in [7, 11) is -4.38. The van der Waals surface area contributed by atoms with E-state index >= 15 is 0 Å². The third-order valence-electron chi connectivity index (χ3n) is 2.05. The zero-order valence-electron chi connectivity index (χ0n) is 9.15. The van der Waals surface area contributed by atoms with Crippen molar-refractivity contribution in [1.82, 2.24) is 5.16 Å². The van der Waals surface area contributed by atoms with Crippen LogP contribution in [0.25, 0.3) is 0 Å². The zero-order valence-corrected chi connectivity index (χ0v) is 9.96. The molecule has 0 saturated carbocycles. The highest BCUT2D eigenvalue weighted by atomic mass is 32.2. The number of hydrogen-bond acceptors (Lipinski definition) is 4. The third kappa shape index (κ3) is 2.33. The van der Waals surface area contributed by atoms with Gasteiger partial charge in [-0.15, -0.1) is 0 Å². The number of nitrogens with zero attached hydrogens (tertiary/aromatic N) is 1. The molecule has 1 aromatic heterocycles. The molecule has 0 bridgehead atoms. The zero-order chi connectivity index (χ0) is 13.3. The molecule has 1 N–H and O–H groups in total. The molecule has 8 heteroatoms. The second-order valence-corrected chi connectivity index (χ2v) is 5.10. The fourth-order valence-electron chi connectivity index (χ4n) is 1.34. The molecule has 1 heterocycles. The Morgan fingerprint density at radius 3 is 2.39 bits per heavy atom. The number of nitrogens with one attached hydrogen (secondary N) is 1. The summed E-state index contributed by atoms with van der Waals surface area (Å²) in [5.41, 5.74) is 0. The molecule has 0 radical (unpaired) electrons. The summed E-state index contributed by atoms with van der Waals surface area (Å²) in [5, 5.41) is 3.38. The van der Waals surface area contributed by atoms with E-state index in [0.717, 1.165) is 18.2 Å². The summed E-state index contributed by atoms with van der Waals surface area (Å²) in [5.74, 6) is -2.14. The molecule has 0 amide bonds. The lowest BCUT2D eigenvalue weighted by Crippen LogP contribution is -2.16. The topological polar surface area (TPSA) is 72.2 Å². The van der Waals surface area contributed by atoms with Gasteiger partial charge in [0, 0.05) is 6.07 Å². The number of aromatic nitrogens is 1. The Morgan fingerprint density at radius 1 is 1.28 bits per heavy atom. The molecule has 0 unspecified atom stereocenters. The molecule has 0 aliphatic heterocycles. The molecule has 2 rings (SSSR count). The number of benzene rings is 1. The molecule has 18 heavy (non-hydrogen) atoms. The van der Waals surface area contributed by atoms with Gasteiger partial charge in [-0.05, 0) is 19.1 Å². The molecule has 0 aliphatic carbocycles. The number of rotatable bonds is 3. The molecule has 0 atom stereocenters. The standard InChI is InChI=1S/C10H8F2N2O3S/c1-6-5-9(13-17-6)14-18(15,16)10-7(11)3-2-4-8(10)12/h2-5H,1H3,(H,13,14). The second-order valence-electron chi connectivity index (χ2n) is 3.48. The summed E-state index contributed by atoms with van der Waals surface area (Å²) < 4.78 is 56.8. The van der Waals surface area contributed by atoms with Gasteiger partial charge in [-0.25, -0.2) is 17.2 Å². The lowest BCUT2D eigenvalue weighted by molar-refractivity contribution is 0.400. The molecule has 96 valence electrons. The van der Waals surface area contributed by atoms with E-state index in [1.165, 1.54) is 6.07 Å². The van der Waals surface area contributed by atoms with Gasteiger partial charge < -0.3 is 4.52 Å². The van der Waals surface area contributed by atoms with E-state index in [4.69, 9.17) is 0 Å². The SMILES string of the molecule is Cc1cc(NS(=O)(=O)c2c(F)cccc2F)no1. The van der Waals surface area contributed by atoms with Crippen molar-refractivity contribution in [1.29, 1.82) is 0 Å². The van der Waals surface area contributed by atoms with Crippen LogP contribution in [0.15, 0.2) is 33.7 Å². The number of halogens is 2. The van der Waals surface area contributed by atoms with E-state index in [1.807, 2.05) is 4.72 Å². The van der Waals surface area contributed by atoms with Crippen molar-refractivity contribution in [3.05, 3.63) is 41.7 Å². The van der Waals surface area contributed by atoms with E-state index in [1.54, 1.807) is 6.92 Å². The quantitative estimate of drug-likeness (QED) is 0.929. The van der Waals surface area contributed by atoms with Crippen LogP contribution in [0, 0.1) is 18.6 Å². The maximum atomic E-state index is 13.4. The van der Waals surface area contributed by atoms with Gasteiger partial charge in [0.15, 0.2) is 10.7 Å². The first-order chi connectivity index (χ1) is 8.40. The van der Waals surface area contributed by atoms with Crippen LogP contribution in [-0.2, 0) is 10.0 Å². The number of anilines is 1. The lowest BCUT2D eigenvalue weighted by Gasteiger charge is -2.06.